The second-order valence-electron chi connectivity index (χ2n) is 7.76. The fourth-order valence-corrected chi connectivity index (χ4v) is 4.13. The van der Waals surface area contributed by atoms with Crippen LogP contribution in [0.3, 0.4) is 0 Å². The second kappa shape index (κ2) is 8.99. The van der Waals surface area contributed by atoms with Gasteiger partial charge in [0, 0.05) is 12.0 Å². The second-order valence-corrected chi connectivity index (χ2v) is 7.76. The van der Waals surface area contributed by atoms with Crippen LogP contribution in [-0.2, 0) is 16.0 Å². The van der Waals surface area contributed by atoms with E-state index in [4.69, 9.17) is 9.84 Å². The average molecular weight is 403 g/mol. The first-order valence-corrected chi connectivity index (χ1v) is 10.4. The number of ether oxygens (including phenoxy) is 1. The van der Waals surface area contributed by atoms with Crippen LogP contribution in [-0.4, -0.2) is 23.6 Å². The molecule has 4 rings (SSSR count). The van der Waals surface area contributed by atoms with Gasteiger partial charge in [-0.15, -0.1) is 0 Å². The highest BCUT2D eigenvalue weighted by molar-refractivity contribution is 5.91. The number of fused-ring (bicyclic) bond motifs is 1. The maximum Gasteiger partial charge on any atom is 0.303 e. The largest absolute Gasteiger partial charge is 0.488 e. The lowest BCUT2D eigenvalue weighted by molar-refractivity contribution is -0.137. The molecule has 1 aliphatic rings. The number of aliphatic carboxylic acids is 1. The minimum absolute atomic E-state index is 0.0283. The van der Waals surface area contributed by atoms with Crippen LogP contribution in [0, 0.1) is 0 Å². The summed E-state index contributed by atoms with van der Waals surface area (Å²) < 4.78 is 6.40. The van der Waals surface area contributed by atoms with Crippen LogP contribution in [0.15, 0.2) is 54.6 Å². The summed E-state index contributed by atoms with van der Waals surface area (Å²) in [6.45, 7) is 0. The molecule has 1 amide bonds. The van der Waals surface area contributed by atoms with Gasteiger partial charge in [0.1, 0.15) is 0 Å². The Hall–Kier alpha value is -3.34. The number of rotatable bonds is 8. The molecule has 0 aromatic heterocycles. The first-order chi connectivity index (χ1) is 14.6. The van der Waals surface area contributed by atoms with Crippen molar-refractivity contribution in [1.82, 2.24) is 0 Å². The normalized spacial score (nSPS) is 14.0. The van der Waals surface area contributed by atoms with Gasteiger partial charge in [-0.25, -0.2) is 0 Å². The summed E-state index contributed by atoms with van der Waals surface area (Å²) in [5.41, 5.74) is 3.29. The standard InChI is InChI=1S/C25H25NO4/c27-16-26-23-14-17(9-12-24(28)29)13-22(25(23)30-21-7-3-4-8-21)20-11-10-18-5-1-2-6-19(18)15-20/h1-2,5-6,10-11,13-16,21H,3-4,7-9,12H2,(H,26,27)(H,28,29). The van der Waals surface area contributed by atoms with Gasteiger partial charge in [-0.2, -0.15) is 0 Å². The SMILES string of the molecule is O=CNc1cc(CCC(=O)O)cc(-c2ccc3ccccc3c2)c1OC1CCCC1. The smallest absolute Gasteiger partial charge is 0.303 e. The topological polar surface area (TPSA) is 75.6 Å². The lowest BCUT2D eigenvalue weighted by Crippen LogP contribution is -2.13. The Kier molecular flexibility index (Phi) is 5.98. The summed E-state index contributed by atoms with van der Waals surface area (Å²) in [7, 11) is 0. The van der Waals surface area contributed by atoms with Crippen LogP contribution in [0.4, 0.5) is 5.69 Å². The number of hydrogen-bond acceptors (Lipinski definition) is 3. The van der Waals surface area contributed by atoms with Crippen molar-refractivity contribution in [2.45, 2.75) is 44.6 Å². The van der Waals surface area contributed by atoms with E-state index in [9.17, 15) is 9.59 Å². The molecule has 3 aromatic carbocycles. The molecule has 5 heteroatoms. The molecule has 0 radical (unpaired) electrons. The summed E-state index contributed by atoms with van der Waals surface area (Å²) in [6.07, 6.45) is 5.46. The fraction of sp³-hybridized carbons (Fsp3) is 0.280. The van der Waals surface area contributed by atoms with E-state index in [1.54, 1.807) is 0 Å². The lowest BCUT2D eigenvalue weighted by Gasteiger charge is -2.21. The summed E-state index contributed by atoms with van der Waals surface area (Å²) in [4.78, 5) is 22.4. The van der Waals surface area contributed by atoms with Crippen LogP contribution in [0.1, 0.15) is 37.7 Å². The lowest BCUT2D eigenvalue weighted by atomic mass is 9.96. The molecule has 154 valence electrons. The molecule has 0 unspecified atom stereocenters. The van der Waals surface area contributed by atoms with Crippen molar-refractivity contribution < 1.29 is 19.4 Å². The zero-order valence-electron chi connectivity index (χ0n) is 16.8. The van der Waals surface area contributed by atoms with Gasteiger partial charge in [-0.05, 0) is 72.2 Å². The Morgan fingerprint density at radius 3 is 2.57 bits per heavy atom. The molecule has 5 nitrogen and oxygen atoms in total. The molecule has 3 aromatic rings. The van der Waals surface area contributed by atoms with Gasteiger partial charge in [0.05, 0.1) is 11.8 Å². The summed E-state index contributed by atoms with van der Waals surface area (Å²) in [5, 5.41) is 14.1. The molecule has 1 aliphatic carbocycles. The third kappa shape index (κ3) is 4.46. The minimum atomic E-state index is -0.849. The zero-order chi connectivity index (χ0) is 20.9. The third-order valence-corrected chi connectivity index (χ3v) is 5.64. The Bertz CT molecular complexity index is 1070. The van der Waals surface area contributed by atoms with Crippen molar-refractivity contribution in [3.8, 4) is 16.9 Å². The molecule has 0 bridgehead atoms. The molecule has 30 heavy (non-hydrogen) atoms. The number of aryl methyl sites for hydroxylation is 1. The van der Waals surface area contributed by atoms with Gasteiger partial charge in [0.15, 0.2) is 5.75 Å². The van der Waals surface area contributed by atoms with E-state index in [-0.39, 0.29) is 12.5 Å². The number of benzene rings is 3. The molecule has 0 atom stereocenters. The number of carbonyl (C=O) groups excluding carboxylic acids is 1. The predicted octanol–water partition coefficient (Wildman–Crippen LogP) is 5.41. The molecule has 0 saturated heterocycles. The number of carboxylic acids is 1. The maximum absolute atomic E-state index is 11.3. The van der Waals surface area contributed by atoms with Gasteiger partial charge >= 0.3 is 5.97 Å². The number of hydrogen-bond donors (Lipinski definition) is 2. The predicted molar refractivity (Wildman–Crippen MR) is 118 cm³/mol. The molecular weight excluding hydrogens is 378 g/mol. The summed E-state index contributed by atoms with van der Waals surface area (Å²) in [6, 6.07) is 18.2. The first kappa shape index (κ1) is 20.0. The Balaban J connectivity index is 1.83. The van der Waals surface area contributed by atoms with Crippen molar-refractivity contribution in [3.05, 3.63) is 60.2 Å². The fourth-order valence-electron chi connectivity index (χ4n) is 4.13. The van der Waals surface area contributed by atoms with Crippen molar-refractivity contribution in [2.24, 2.45) is 0 Å². The van der Waals surface area contributed by atoms with Gasteiger partial charge in [-0.3, -0.25) is 9.59 Å². The van der Waals surface area contributed by atoms with E-state index >= 15 is 0 Å². The Labute approximate surface area is 175 Å². The van der Waals surface area contributed by atoms with E-state index < -0.39 is 5.97 Å². The number of carbonyl (C=O) groups is 2. The van der Waals surface area contributed by atoms with Crippen molar-refractivity contribution in [2.75, 3.05) is 5.32 Å². The minimum Gasteiger partial charge on any atom is -0.488 e. The number of amides is 1. The molecule has 0 aliphatic heterocycles. The van der Waals surface area contributed by atoms with Gasteiger partial charge in [0.2, 0.25) is 6.41 Å². The number of carboxylic acid groups (broad SMARTS) is 1. The molecule has 1 saturated carbocycles. The highest BCUT2D eigenvalue weighted by Gasteiger charge is 2.22. The quantitative estimate of drug-likeness (QED) is 0.493. The number of nitrogens with one attached hydrogen (secondary N) is 1. The summed E-state index contributed by atoms with van der Waals surface area (Å²) in [5.74, 6) is -0.193. The molecular formula is C25H25NO4. The average Bonchev–Trinajstić information content (AvgIpc) is 3.26. The Morgan fingerprint density at radius 1 is 1.07 bits per heavy atom. The third-order valence-electron chi connectivity index (χ3n) is 5.64. The van der Waals surface area contributed by atoms with Crippen molar-refractivity contribution >= 4 is 28.8 Å². The van der Waals surface area contributed by atoms with Crippen LogP contribution in [0.2, 0.25) is 0 Å². The van der Waals surface area contributed by atoms with Crippen molar-refractivity contribution in [3.63, 3.8) is 0 Å². The van der Waals surface area contributed by atoms with Crippen LogP contribution < -0.4 is 10.1 Å². The van der Waals surface area contributed by atoms with E-state index in [2.05, 4.69) is 29.6 Å². The van der Waals surface area contributed by atoms with Crippen molar-refractivity contribution in [1.29, 1.82) is 0 Å². The van der Waals surface area contributed by atoms with E-state index in [0.717, 1.165) is 53.1 Å². The molecule has 0 spiro atoms. The van der Waals surface area contributed by atoms with E-state index in [1.165, 1.54) is 0 Å². The molecule has 2 N–H and O–H groups in total. The monoisotopic (exact) mass is 403 g/mol. The first-order valence-electron chi connectivity index (χ1n) is 10.4. The van der Waals surface area contributed by atoms with E-state index in [0.29, 0.717) is 24.3 Å². The molecule has 0 heterocycles. The highest BCUT2D eigenvalue weighted by atomic mass is 16.5. The summed E-state index contributed by atoms with van der Waals surface area (Å²) >= 11 is 0. The highest BCUT2D eigenvalue weighted by Crippen LogP contribution is 2.41. The van der Waals surface area contributed by atoms with Gasteiger partial charge in [0.25, 0.3) is 0 Å². The van der Waals surface area contributed by atoms with Gasteiger partial charge < -0.3 is 15.2 Å². The Morgan fingerprint density at radius 2 is 1.83 bits per heavy atom. The van der Waals surface area contributed by atoms with Crippen LogP contribution >= 0.6 is 0 Å². The number of anilines is 1. The zero-order valence-corrected chi connectivity index (χ0v) is 16.8. The van der Waals surface area contributed by atoms with Crippen LogP contribution in [0.25, 0.3) is 21.9 Å². The van der Waals surface area contributed by atoms with Gasteiger partial charge in [-0.1, -0.05) is 36.4 Å². The maximum atomic E-state index is 11.3. The molecule has 1 fully saturated rings. The van der Waals surface area contributed by atoms with Crippen LogP contribution in [0.5, 0.6) is 5.75 Å². The van der Waals surface area contributed by atoms with E-state index in [1.807, 2.05) is 30.3 Å².